The Bertz CT molecular complexity index is 568. The molecule has 122 valence electrons. The number of amides is 1. The van der Waals surface area contributed by atoms with Crippen LogP contribution >= 0.6 is 0 Å². The van der Waals surface area contributed by atoms with Crippen LogP contribution in [-0.4, -0.2) is 29.5 Å². The molecule has 0 saturated carbocycles. The van der Waals surface area contributed by atoms with Crippen LogP contribution in [0.4, 0.5) is 10.5 Å². The van der Waals surface area contributed by atoms with Crippen molar-refractivity contribution in [1.29, 1.82) is 0 Å². The Labute approximate surface area is 131 Å². The summed E-state index contributed by atoms with van der Waals surface area (Å²) in [5, 5.41) is 0. The zero-order valence-corrected chi connectivity index (χ0v) is 14.0. The Morgan fingerprint density at radius 2 is 2.14 bits per heavy atom. The maximum atomic E-state index is 12.7. The number of aryl methyl sites for hydroxylation is 1. The highest BCUT2D eigenvalue weighted by atomic mass is 16.6. The molecule has 1 aromatic heterocycles. The average Bonchev–Trinajstić information content (AvgIpc) is 2.44. The molecule has 2 rings (SSSR count). The second-order valence-electron chi connectivity index (χ2n) is 6.59. The van der Waals surface area contributed by atoms with Crippen molar-refractivity contribution < 1.29 is 14.3 Å². The SMILES string of the molecule is CCC1(N)CCc2nc(OC)ccc2N1C(=O)OC(C)(C)C. The molecule has 2 heterocycles. The summed E-state index contributed by atoms with van der Waals surface area (Å²) >= 11 is 0. The molecule has 6 nitrogen and oxygen atoms in total. The smallest absolute Gasteiger partial charge is 0.416 e. The summed E-state index contributed by atoms with van der Waals surface area (Å²) in [6.07, 6.45) is 1.54. The van der Waals surface area contributed by atoms with E-state index in [1.54, 1.807) is 18.1 Å². The van der Waals surface area contributed by atoms with Gasteiger partial charge in [-0.25, -0.2) is 9.78 Å². The number of anilines is 1. The van der Waals surface area contributed by atoms with Crippen LogP contribution in [0.2, 0.25) is 0 Å². The van der Waals surface area contributed by atoms with Gasteiger partial charge in [0.15, 0.2) is 0 Å². The predicted octanol–water partition coefficient (Wildman–Crippen LogP) is 2.84. The van der Waals surface area contributed by atoms with Crippen LogP contribution in [0.1, 0.15) is 46.2 Å². The lowest BCUT2D eigenvalue weighted by atomic mass is 9.92. The fourth-order valence-corrected chi connectivity index (χ4v) is 2.58. The summed E-state index contributed by atoms with van der Waals surface area (Å²) in [7, 11) is 1.57. The third-order valence-corrected chi connectivity index (χ3v) is 3.80. The number of hydrogen-bond acceptors (Lipinski definition) is 5. The highest BCUT2D eigenvalue weighted by Crippen LogP contribution is 2.37. The van der Waals surface area contributed by atoms with Gasteiger partial charge in [0, 0.05) is 6.07 Å². The van der Waals surface area contributed by atoms with E-state index < -0.39 is 17.4 Å². The number of rotatable bonds is 2. The number of fused-ring (bicyclic) bond motifs is 1. The minimum absolute atomic E-state index is 0.440. The fraction of sp³-hybridized carbons (Fsp3) is 0.625. The molecule has 0 bridgehead atoms. The van der Waals surface area contributed by atoms with Crippen LogP contribution in [0, 0.1) is 0 Å². The summed E-state index contributed by atoms with van der Waals surface area (Å²) in [4.78, 5) is 18.6. The highest BCUT2D eigenvalue weighted by molar-refractivity contribution is 5.90. The minimum Gasteiger partial charge on any atom is -0.481 e. The molecular weight excluding hydrogens is 282 g/mol. The molecule has 1 aliphatic heterocycles. The largest absolute Gasteiger partial charge is 0.481 e. The molecular formula is C16H25N3O3. The molecule has 1 atom stereocenters. The summed E-state index contributed by atoms with van der Waals surface area (Å²) < 4.78 is 10.7. The van der Waals surface area contributed by atoms with Crippen molar-refractivity contribution in [3.8, 4) is 5.88 Å². The lowest BCUT2D eigenvalue weighted by Gasteiger charge is -2.44. The van der Waals surface area contributed by atoms with Crippen molar-refractivity contribution in [1.82, 2.24) is 4.98 Å². The second kappa shape index (κ2) is 5.76. The van der Waals surface area contributed by atoms with Gasteiger partial charge in [-0.3, -0.25) is 4.90 Å². The van der Waals surface area contributed by atoms with Gasteiger partial charge in [0.25, 0.3) is 0 Å². The van der Waals surface area contributed by atoms with E-state index in [4.69, 9.17) is 15.2 Å². The lowest BCUT2D eigenvalue weighted by molar-refractivity contribution is 0.0524. The summed E-state index contributed by atoms with van der Waals surface area (Å²) in [6.45, 7) is 7.49. The van der Waals surface area contributed by atoms with E-state index in [9.17, 15) is 4.79 Å². The van der Waals surface area contributed by atoms with Crippen molar-refractivity contribution >= 4 is 11.8 Å². The lowest BCUT2D eigenvalue weighted by Crippen LogP contribution is -2.61. The van der Waals surface area contributed by atoms with E-state index in [1.165, 1.54) is 0 Å². The van der Waals surface area contributed by atoms with Gasteiger partial charge in [-0.05, 0) is 46.1 Å². The molecule has 0 fully saturated rings. The standard InChI is InChI=1S/C16H25N3O3/c1-6-16(17)10-9-11-12(7-8-13(18-11)21-5)19(16)14(20)22-15(2,3)4/h7-8H,6,9-10,17H2,1-5H3. The van der Waals surface area contributed by atoms with Gasteiger partial charge in [0.1, 0.15) is 5.60 Å². The van der Waals surface area contributed by atoms with Crippen molar-refractivity contribution in [3.63, 3.8) is 0 Å². The topological polar surface area (TPSA) is 77.7 Å². The predicted molar refractivity (Wildman–Crippen MR) is 85.0 cm³/mol. The van der Waals surface area contributed by atoms with E-state index in [-0.39, 0.29) is 0 Å². The van der Waals surface area contributed by atoms with Crippen LogP contribution in [0.5, 0.6) is 5.88 Å². The highest BCUT2D eigenvalue weighted by Gasteiger charge is 2.42. The molecule has 1 aromatic rings. The van der Waals surface area contributed by atoms with Crippen LogP contribution in [0.3, 0.4) is 0 Å². The first-order valence-corrected chi connectivity index (χ1v) is 7.56. The molecule has 1 aliphatic rings. The zero-order valence-electron chi connectivity index (χ0n) is 14.0. The van der Waals surface area contributed by atoms with E-state index in [0.29, 0.717) is 30.8 Å². The van der Waals surface area contributed by atoms with E-state index in [0.717, 1.165) is 5.69 Å². The number of carbonyl (C=O) groups is 1. The van der Waals surface area contributed by atoms with Gasteiger partial charge in [-0.1, -0.05) is 6.92 Å². The molecule has 1 unspecified atom stereocenters. The van der Waals surface area contributed by atoms with Crippen LogP contribution in [0.25, 0.3) is 0 Å². The number of aromatic nitrogens is 1. The third-order valence-electron chi connectivity index (χ3n) is 3.80. The average molecular weight is 307 g/mol. The maximum Gasteiger partial charge on any atom is 0.416 e. The number of ether oxygens (including phenoxy) is 2. The number of nitrogens with two attached hydrogens (primary N) is 1. The Morgan fingerprint density at radius 1 is 1.45 bits per heavy atom. The Balaban J connectivity index is 2.45. The Kier molecular flexibility index (Phi) is 4.33. The monoisotopic (exact) mass is 307 g/mol. The molecule has 22 heavy (non-hydrogen) atoms. The summed E-state index contributed by atoms with van der Waals surface area (Å²) in [6, 6.07) is 3.55. The molecule has 1 amide bonds. The third kappa shape index (κ3) is 3.16. The van der Waals surface area contributed by atoms with Gasteiger partial charge >= 0.3 is 6.09 Å². The molecule has 0 spiro atoms. The first-order valence-electron chi connectivity index (χ1n) is 7.56. The maximum absolute atomic E-state index is 12.7. The Morgan fingerprint density at radius 3 is 2.68 bits per heavy atom. The molecule has 2 N–H and O–H groups in total. The quantitative estimate of drug-likeness (QED) is 0.909. The van der Waals surface area contributed by atoms with Crippen molar-refractivity contribution in [2.45, 2.75) is 58.2 Å². The first-order chi connectivity index (χ1) is 10.2. The molecule has 0 aliphatic carbocycles. The van der Waals surface area contributed by atoms with Crippen molar-refractivity contribution in [2.75, 3.05) is 12.0 Å². The number of hydrogen-bond donors (Lipinski definition) is 1. The van der Waals surface area contributed by atoms with E-state index in [2.05, 4.69) is 4.98 Å². The summed E-state index contributed by atoms with van der Waals surface area (Å²) in [5.41, 5.74) is 6.64. The van der Waals surface area contributed by atoms with Gasteiger partial charge in [0.05, 0.1) is 24.2 Å². The van der Waals surface area contributed by atoms with Gasteiger partial charge in [-0.2, -0.15) is 0 Å². The number of nitrogens with zero attached hydrogens (tertiary/aromatic N) is 2. The van der Waals surface area contributed by atoms with Crippen LogP contribution < -0.4 is 15.4 Å². The minimum atomic E-state index is -0.758. The van der Waals surface area contributed by atoms with Crippen molar-refractivity contribution in [3.05, 3.63) is 17.8 Å². The zero-order chi connectivity index (χ0) is 16.5. The van der Waals surface area contributed by atoms with Crippen LogP contribution in [-0.2, 0) is 11.2 Å². The van der Waals surface area contributed by atoms with E-state index >= 15 is 0 Å². The molecule has 0 aromatic carbocycles. The van der Waals surface area contributed by atoms with Gasteiger partial charge in [0.2, 0.25) is 5.88 Å². The van der Waals surface area contributed by atoms with Crippen molar-refractivity contribution in [2.24, 2.45) is 5.73 Å². The molecule has 0 saturated heterocycles. The van der Waals surface area contributed by atoms with E-state index in [1.807, 2.05) is 33.8 Å². The molecule has 6 heteroatoms. The normalized spacial score (nSPS) is 21.3. The van der Waals surface area contributed by atoms with Gasteiger partial charge in [-0.15, -0.1) is 0 Å². The first kappa shape index (κ1) is 16.5. The Hall–Kier alpha value is -1.82. The van der Waals surface area contributed by atoms with Crippen LogP contribution in [0.15, 0.2) is 12.1 Å². The van der Waals surface area contributed by atoms with Gasteiger partial charge < -0.3 is 15.2 Å². The summed E-state index contributed by atoms with van der Waals surface area (Å²) in [5.74, 6) is 0.531. The molecule has 0 radical (unpaired) electrons. The fourth-order valence-electron chi connectivity index (χ4n) is 2.58. The number of methoxy groups -OCH3 is 1. The second-order valence-corrected chi connectivity index (χ2v) is 6.59. The number of carbonyl (C=O) groups excluding carboxylic acids is 1. The number of pyridine rings is 1.